The molecule has 2 N–H and O–H groups in total. The highest BCUT2D eigenvalue weighted by Gasteiger charge is 2.42. The van der Waals surface area contributed by atoms with Crippen molar-refractivity contribution in [2.45, 2.75) is 45.3 Å². The van der Waals surface area contributed by atoms with Crippen LogP contribution in [0.1, 0.15) is 43.6 Å². The van der Waals surface area contributed by atoms with E-state index in [0.29, 0.717) is 5.56 Å². The van der Waals surface area contributed by atoms with Gasteiger partial charge in [-0.25, -0.2) is 4.79 Å². The molecule has 0 bridgehead atoms. The standard InChI is InChI=1S/C17H22N2O4/c1-16(2,3)19-13(20)10-18-15(22)17(4)9-11-7-5-6-8-12(11)14(21)23-17/h5-8H,9-10H2,1-4H3,(H,18,22)(H,19,20). The number of rotatable bonds is 3. The number of carbonyl (C=O) groups is 3. The van der Waals surface area contributed by atoms with Gasteiger partial charge in [0.05, 0.1) is 12.1 Å². The van der Waals surface area contributed by atoms with E-state index in [1.807, 2.05) is 26.8 Å². The molecule has 1 aromatic rings. The minimum Gasteiger partial charge on any atom is -0.445 e. The van der Waals surface area contributed by atoms with Crippen LogP contribution in [-0.4, -0.2) is 35.5 Å². The van der Waals surface area contributed by atoms with Crippen LogP contribution in [0.3, 0.4) is 0 Å². The summed E-state index contributed by atoms with van der Waals surface area (Å²) in [5.74, 6) is -1.30. The Morgan fingerprint density at radius 1 is 1.26 bits per heavy atom. The molecular weight excluding hydrogens is 296 g/mol. The van der Waals surface area contributed by atoms with Crippen molar-refractivity contribution in [3.8, 4) is 0 Å². The lowest BCUT2D eigenvalue weighted by Gasteiger charge is -2.33. The number of esters is 1. The minimum atomic E-state index is -1.31. The van der Waals surface area contributed by atoms with Gasteiger partial charge in [-0.1, -0.05) is 18.2 Å². The van der Waals surface area contributed by atoms with Gasteiger partial charge in [0.25, 0.3) is 5.91 Å². The highest BCUT2D eigenvalue weighted by atomic mass is 16.6. The molecule has 0 spiro atoms. The summed E-state index contributed by atoms with van der Waals surface area (Å²) in [6.45, 7) is 6.96. The molecule has 0 aliphatic carbocycles. The fourth-order valence-electron chi connectivity index (χ4n) is 2.47. The van der Waals surface area contributed by atoms with Crippen LogP contribution < -0.4 is 10.6 Å². The van der Waals surface area contributed by atoms with Gasteiger partial charge >= 0.3 is 5.97 Å². The summed E-state index contributed by atoms with van der Waals surface area (Å²) in [6, 6.07) is 7.03. The first kappa shape index (κ1) is 17.0. The molecule has 6 nitrogen and oxygen atoms in total. The van der Waals surface area contributed by atoms with Gasteiger partial charge in [-0.05, 0) is 39.3 Å². The molecule has 1 atom stereocenters. The number of cyclic esters (lactones) is 1. The van der Waals surface area contributed by atoms with Crippen molar-refractivity contribution < 1.29 is 19.1 Å². The average Bonchev–Trinajstić information content (AvgIpc) is 2.42. The molecule has 1 aromatic carbocycles. The summed E-state index contributed by atoms with van der Waals surface area (Å²) in [7, 11) is 0. The zero-order valence-electron chi connectivity index (χ0n) is 13.9. The number of carbonyl (C=O) groups excluding carboxylic acids is 3. The van der Waals surface area contributed by atoms with Gasteiger partial charge in [-0.2, -0.15) is 0 Å². The summed E-state index contributed by atoms with van der Waals surface area (Å²) in [6.07, 6.45) is 0.279. The molecule has 1 aliphatic rings. The van der Waals surface area contributed by atoms with Crippen LogP contribution in [0, 0.1) is 0 Å². The molecule has 23 heavy (non-hydrogen) atoms. The summed E-state index contributed by atoms with van der Waals surface area (Å²) >= 11 is 0. The molecule has 0 radical (unpaired) electrons. The fourth-order valence-corrected chi connectivity index (χ4v) is 2.47. The van der Waals surface area contributed by atoms with Crippen molar-refractivity contribution in [3.63, 3.8) is 0 Å². The lowest BCUT2D eigenvalue weighted by Crippen LogP contribution is -2.54. The van der Waals surface area contributed by atoms with Crippen LogP contribution in [-0.2, 0) is 20.7 Å². The van der Waals surface area contributed by atoms with E-state index in [9.17, 15) is 14.4 Å². The molecule has 0 saturated carbocycles. The number of ether oxygens (including phenoxy) is 1. The maximum Gasteiger partial charge on any atom is 0.339 e. The second-order valence-electron chi connectivity index (χ2n) is 6.94. The molecule has 6 heteroatoms. The van der Waals surface area contributed by atoms with Gasteiger partial charge < -0.3 is 15.4 Å². The van der Waals surface area contributed by atoms with Crippen molar-refractivity contribution in [2.24, 2.45) is 0 Å². The third-order valence-corrected chi connectivity index (χ3v) is 3.49. The first-order valence-corrected chi connectivity index (χ1v) is 7.51. The Hall–Kier alpha value is -2.37. The van der Waals surface area contributed by atoms with E-state index in [4.69, 9.17) is 4.74 Å². The first-order valence-electron chi connectivity index (χ1n) is 7.51. The molecule has 2 amide bonds. The number of fused-ring (bicyclic) bond motifs is 1. The third-order valence-electron chi connectivity index (χ3n) is 3.49. The molecule has 2 rings (SSSR count). The average molecular weight is 318 g/mol. The van der Waals surface area contributed by atoms with E-state index in [-0.39, 0.29) is 24.4 Å². The van der Waals surface area contributed by atoms with E-state index >= 15 is 0 Å². The number of hydrogen-bond acceptors (Lipinski definition) is 4. The predicted molar refractivity (Wildman–Crippen MR) is 84.9 cm³/mol. The highest BCUT2D eigenvalue weighted by Crippen LogP contribution is 2.28. The maximum absolute atomic E-state index is 12.4. The van der Waals surface area contributed by atoms with Crippen molar-refractivity contribution in [1.29, 1.82) is 0 Å². The number of nitrogens with one attached hydrogen (secondary N) is 2. The quantitative estimate of drug-likeness (QED) is 0.820. The minimum absolute atomic E-state index is 0.162. The molecule has 0 saturated heterocycles. The summed E-state index contributed by atoms with van der Waals surface area (Å²) < 4.78 is 5.31. The molecule has 0 fully saturated rings. The Morgan fingerprint density at radius 3 is 2.57 bits per heavy atom. The van der Waals surface area contributed by atoms with Gasteiger partial charge in [0, 0.05) is 12.0 Å². The van der Waals surface area contributed by atoms with Gasteiger partial charge in [-0.3, -0.25) is 9.59 Å². The smallest absolute Gasteiger partial charge is 0.339 e. The van der Waals surface area contributed by atoms with Crippen LogP contribution in [0.15, 0.2) is 24.3 Å². The van der Waals surface area contributed by atoms with Crippen molar-refractivity contribution in [3.05, 3.63) is 35.4 Å². The van der Waals surface area contributed by atoms with Gasteiger partial charge in [-0.15, -0.1) is 0 Å². The van der Waals surface area contributed by atoms with Crippen LogP contribution >= 0.6 is 0 Å². The van der Waals surface area contributed by atoms with Crippen LogP contribution in [0.2, 0.25) is 0 Å². The SMILES string of the molecule is CC(C)(C)NC(=O)CNC(=O)C1(C)Cc2ccccc2C(=O)O1. The lowest BCUT2D eigenvalue weighted by atomic mass is 9.89. The molecule has 1 aliphatic heterocycles. The topological polar surface area (TPSA) is 84.5 Å². The van der Waals surface area contributed by atoms with Gasteiger partial charge in [0.15, 0.2) is 5.60 Å². The largest absolute Gasteiger partial charge is 0.445 e. The second kappa shape index (κ2) is 6.02. The van der Waals surface area contributed by atoms with Gasteiger partial charge in [0.1, 0.15) is 0 Å². The zero-order chi connectivity index (χ0) is 17.3. The molecule has 0 aromatic heterocycles. The molecule has 124 valence electrons. The van der Waals surface area contributed by atoms with E-state index in [1.165, 1.54) is 0 Å². The fraction of sp³-hybridized carbons (Fsp3) is 0.471. The summed E-state index contributed by atoms with van der Waals surface area (Å²) in [5.41, 5.74) is -0.445. The second-order valence-corrected chi connectivity index (χ2v) is 6.94. The van der Waals surface area contributed by atoms with Crippen LogP contribution in [0.25, 0.3) is 0 Å². The number of hydrogen-bond donors (Lipinski definition) is 2. The van der Waals surface area contributed by atoms with Crippen LogP contribution in [0.5, 0.6) is 0 Å². The molecular formula is C17H22N2O4. The highest BCUT2D eigenvalue weighted by molar-refractivity contribution is 5.98. The summed E-state index contributed by atoms with van der Waals surface area (Å²) in [5, 5.41) is 5.29. The Bertz CT molecular complexity index is 648. The van der Waals surface area contributed by atoms with E-state index in [0.717, 1.165) is 5.56 Å². The zero-order valence-corrected chi connectivity index (χ0v) is 13.9. The lowest BCUT2D eigenvalue weighted by molar-refractivity contribution is -0.141. The Morgan fingerprint density at radius 2 is 1.91 bits per heavy atom. The van der Waals surface area contributed by atoms with E-state index in [2.05, 4.69) is 10.6 Å². The number of benzene rings is 1. The van der Waals surface area contributed by atoms with Crippen LogP contribution in [0.4, 0.5) is 0 Å². The molecule has 1 unspecified atom stereocenters. The predicted octanol–water partition coefficient (Wildman–Crippen LogP) is 1.19. The first-order chi connectivity index (χ1) is 10.6. The maximum atomic E-state index is 12.4. The van der Waals surface area contributed by atoms with Crippen molar-refractivity contribution in [1.82, 2.24) is 10.6 Å². The van der Waals surface area contributed by atoms with Gasteiger partial charge in [0.2, 0.25) is 5.91 Å². The Balaban J connectivity index is 2.03. The Kier molecular flexibility index (Phi) is 4.45. The third kappa shape index (κ3) is 4.09. The van der Waals surface area contributed by atoms with E-state index < -0.39 is 17.5 Å². The Labute approximate surface area is 135 Å². The normalized spacial score (nSPS) is 20.3. The number of amides is 2. The molecule has 1 heterocycles. The van der Waals surface area contributed by atoms with E-state index in [1.54, 1.807) is 25.1 Å². The van der Waals surface area contributed by atoms with Crippen molar-refractivity contribution >= 4 is 17.8 Å². The van der Waals surface area contributed by atoms with Crippen molar-refractivity contribution in [2.75, 3.05) is 6.54 Å². The summed E-state index contributed by atoms with van der Waals surface area (Å²) in [4.78, 5) is 36.2. The monoisotopic (exact) mass is 318 g/mol.